The molecular formula is C15H24O2. The summed E-state index contributed by atoms with van der Waals surface area (Å²) >= 11 is 0. The lowest BCUT2D eigenvalue weighted by Crippen LogP contribution is -2.52. The molecule has 0 aromatic carbocycles. The van der Waals surface area contributed by atoms with E-state index in [9.17, 15) is 9.90 Å². The molecule has 1 saturated carbocycles. The van der Waals surface area contributed by atoms with E-state index in [4.69, 9.17) is 0 Å². The minimum atomic E-state index is -1.12. The average molecular weight is 236 g/mol. The molecule has 0 aromatic heterocycles. The highest BCUT2D eigenvalue weighted by molar-refractivity contribution is 6.04. The van der Waals surface area contributed by atoms with Crippen molar-refractivity contribution in [1.29, 1.82) is 0 Å². The van der Waals surface area contributed by atoms with Crippen molar-refractivity contribution in [3.05, 3.63) is 11.1 Å². The fourth-order valence-corrected chi connectivity index (χ4v) is 3.57. The van der Waals surface area contributed by atoms with Crippen LogP contribution in [0.3, 0.4) is 0 Å². The van der Waals surface area contributed by atoms with Crippen LogP contribution in [-0.2, 0) is 4.79 Å². The first kappa shape index (κ1) is 12.8. The SMILES string of the molecule is CC1=C2C(=O)[C@@](O)(C(C)C)CC[C@]2(C)CCC1. The molecule has 0 saturated heterocycles. The van der Waals surface area contributed by atoms with Crippen LogP contribution in [0.4, 0.5) is 0 Å². The Labute approximate surface area is 104 Å². The molecule has 96 valence electrons. The number of carbonyl (C=O) groups excluding carboxylic acids is 1. The van der Waals surface area contributed by atoms with Gasteiger partial charge in [0.15, 0.2) is 5.78 Å². The summed E-state index contributed by atoms with van der Waals surface area (Å²) in [5.41, 5.74) is 1.07. The maximum atomic E-state index is 12.6. The molecule has 17 heavy (non-hydrogen) atoms. The van der Waals surface area contributed by atoms with Gasteiger partial charge >= 0.3 is 0 Å². The minimum Gasteiger partial charge on any atom is -0.381 e. The Bertz CT molecular complexity index is 380. The van der Waals surface area contributed by atoms with Crippen molar-refractivity contribution in [1.82, 2.24) is 0 Å². The summed E-state index contributed by atoms with van der Waals surface area (Å²) in [7, 11) is 0. The third kappa shape index (κ3) is 1.77. The minimum absolute atomic E-state index is 0.00164. The maximum Gasteiger partial charge on any atom is 0.191 e. The number of rotatable bonds is 1. The van der Waals surface area contributed by atoms with E-state index in [2.05, 4.69) is 13.8 Å². The van der Waals surface area contributed by atoms with Crippen LogP contribution < -0.4 is 0 Å². The van der Waals surface area contributed by atoms with Crippen LogP contribution in [0.25, 0.3) is 0 Å². The number of hydrogen-bond donors (Lipinski definition) is 1. The van der Waals surface area contributed by atoms with Crippen molar-refractivity contribution in [3.63, 3.8) is 0 Å². The van der Waals surface area contributed by atoms with Crippen molar-refractivity contribution in [3.8, 4) is 0 Å². The molecular weight excluding hydrogens is 212 g/mol. The number of allylic oxidation sites excluding steroid dienone is 1. The Kier molecular flexibility index (Phi) is 2.97. The zero-order valence-electron chi connectivity index (χ0n) is 11.5. The highest BCUT2D eigenvalue weighted by Gasteiger charge is 2.51. The summed E-state index contributed by atoms with van der Waals surface area (Å²) in [4.78, 5) is 12.6. The molecule has 2 aliphatic carbocycles. The normalized spacial score (nSPS) is 38.6. The molecule has 2 nitrogen and oxygen atoms in total. The van der Waals surface area contributed by atoms with Crippen LogP contribution in [0, 0.1) is 11.3 Å². The Balaban J connectivity index is 2.47. The van der Waals surface area contributed by atoms with Gasteiger partial charge in [-0.15, -0.1) is 0 Å². The first-order chi connectivity index (χ1) is 7.81. The van der Waals surface area contributed by atoms with Crippen molar-refractivity contribution >= 4 is 5.78 Å². The molecule has 2 rings (SSSR count). The van der Waals surface area contributed by atoms with Crippen molar-refractivity contribution < 1.29 is 9.90 Å². The van der Waals surface area contributed by atoms with Gasteiger partial charge in [0.1, 0.15) is 5.60 Å². The second-order valence-corrected chi connectivity index (χ2v) is 6.48. The first-order valence-corrected chi connectivity index (χ1v) is 6.79. The lowest BCUT2D eigenvalue weighted by Gasteiger charge is -2.47. The molecule has 2 atom stereocenters. The fraction of sp³-hybridized carbons (Fsp3) is 0.800. The zero-order chi connectivity index (χ0) is 12.8. The molecule has 0 bridgehead atoms. The van der Waals surface area contributed by atoms with E-state index in [0.717, 1.165) is 24.8 Å². The average Bonchev–Trinajstić information content (AvgIpc) is 2.24. The Morgan fingerprint density at radius 2 is 1.88 bits per heavy atom. The maximum absolute atomic E-state index is 12.6. The largest absolute Gasteiger partial charge is 0.381 e. The van der Waals surface area contributed by atoms with Crippen LogP contribution in [0.1, 0.15) is 59.8 Å². The molecule has 0 heterocycles. The van der Waals surface area contributed by atoms with Gasteiger partial charge in [-0.2, -0.15) is 0 Å². The summed E-state index contributed by atoms with van der Waals surface area (Å²) in [5.74, 6) is 0.0141. The first-order valence-electron chi connectivity index (χ1n) is 6.79. The molecule has 0 aliphatic heterocycles. The van der Waals surface area contributed by atoms with Crippen molar-refractivity contribution in [2.24, 2.45) is 11.3 Å². The quantitative estimate of drug-likeness (QED) is 0.759. The van der Waals surface area contributed by atoms with E-state index in [-0.39, 0.29) is 17.1 Å². The molecule has 0 amide bonds. The van der Waals surface area contributed by atoms with Gasteiger partial charge in [-0.25, -0.2) is 0 Å². The number of ketones is 1. The standard InChI is InChI=1S/C15H24O2/c1-10(2)15(17)9-8-14(4)7-5-6-11(3)12(14)13(15)16/h10,17H,5-9H2,1-4H3/t14-,15-/m0/s1. The molecule has 2 aliphatic rings. The van der Waals surface area contributed by atoms with Crippen molar-refractivity contribution in [2.75, 3.05) is 0 Å². The van der Waals surface area contributed by atoms with Gasteiger partial charge in [-0.05, 0) is 50.4 Å². The zero-order valence-corrected chi connectivity index (χ0v) is 11.5. The lowest BCUT2D eigenvalue weighted by atomic mass is 9.58. The number of hydrogen-bond acceptors (Lipinski definition) is 2. The van der Waals surface area contributed by atoms with Crippen molar-refractivity contribution in [2.45, 2.75) is 65.4 Å². The van der Waals surface area contributed by atoms with E-state index in [1.165, 1.54) is 12.0 Å². The Hall–Kier alpha value is -0.630. The molecule has 0 spiro atoms. The van der Waals surface area contributed by atoms with Gasteiger partial charge in [-0.1, -0.05) is 26.3 Å². The number of aliphatic hydroxyl groups is 1. The van der Waals surface area contributed by atoms with Crippen LogP contribution in [0.2, 0.25) is 0 Å². The van der Waals surface area contributed by atoms with E-state index in [0.29, 0.717) is 6.42 Å². The number of Topliss-reactive ketones (excluding diaryl/α,β-unsaturated/α-hetero) is 1. The summed E-state index contributed by atoms with van der Waals surface area (Å²) in [6.07, 6.45) is 4.86. The Morgan fingerprint density at radius 1 is 1.24 bits per heavy atom. The van der Waals surface area contributed by atoms with Crippen LogP contribution >= 0.6 is 0 Å². The highest BCUT2D eigenvalue weighted by Crippen LogP contribution is 2.51. The molecule has 1 N–H and O–H groups in total. The molecule has 0 unspecified atom stereocenters. The van der Waals surface area contributed by atoms with Gasteiger partial charge in [0.25, 0.3) is 0 Å². The van der Waals surface area contributed by atoms with E-state index in [1.54, 1.807) is 0 Å². The van der Waals surface area contributed by atoms with Gasteiger partial charge in [0, 0.05) is 5.57 Å². The predicted octanol–water partition coefficient (Wildman–Crippen LogP) is 3.24. The van der Waals surface area contributed by atoms with Crippen LogP contribution in [0.5, 0.6) is 0 Å². The van der Waals surface area contributed by atoms with Crippen LogP contribution in [0.15, 0.2) is 11.1 Å². The summed E-state index contributed by atoms with van der Waals surface area (Å²) in [5, 5.41) is 10.6. The second-order valence-electron chi connectivity index (χ2n) is 6.48. The summed E-state index contributed by atoms with van der Waals surface area (Å²) < 4.78 is 0. The summed E-state index contributed by atoms with van der Waals surface area (Å²) in [6, 6.07) is 0. The topological polar surface area (TPSA) is 37.3 Å². The molecule has 0 radical (unpaired) electrons. The lowest BCUT2D eigenvalue weighted by molar-refractivity contribution is -0.145. The van der Waals surface area contributed by atoms with Gasteiger partial charge in [-0.3, -0.25) is 4.79 Å². The number of carbonyl (C=O) groups is 1. The molecule has 2 heteroatoms. The highest BCUT2D eigenvalue weighted by atomic mass is 16.3. The van der Waals surface area contributed by atoms with Crippen LogP contribution in [-0.4, -0.2) is 16.5 Å². The third-order valence-corrected chi connectivity index (χ3v) is 4.94. The molecule has 1 fully saturated rings. The van der Waals surface area contributed by atoms with E-state index < -0.39 is 5.60 Å². The fourth-order valence-electron chi connectivity index (χ4n) is 3.57. The molecule has 0 aromatic rings. The second kappa shape index (κ2) is 3.94. The van der Waals surface area contributed by atoms with Gasteiger partial charge in [0.05, 0.1) is 0 Å². The Morgan fingerprint density at radius 3 is 2.47 bits per heavy atom. The summed E-state index contributed by atoms with van der Waals surface area (Å²) in [6.45, 7) is 8.15. The monoisotopic (exact) mass is 236 g/mol. The van der Waals surface area contributed by atoms with Gasteiger partial charge < -0.3 is 5.11 Å². The van der Waals surface area contributed by atoms with E-state index >= 15 is 0 Å². The van der Waals surface area contributed by atoms with E-state index in [1.807, 2.05) is 13.8 Å². The smallest absolute Gasteiger partial charge is 0.191 e. The number of fused-ring (bicyclic) bond motifs is 1. The third-order valence-electron chi connectivity index (χ3n) is 4.94. The predicted molar refractivity (Wildman–Crippen MR) is 68.7 cm³/mol. The van der Waals surface area contributed by atoms with Gasteiger partial charge in [0.2, 0.25) is 0 Å².